The Balaban J connectivity index is 2.84. The van der Waals surface area contributed by atoms with Crippen LogP contribution in [0.2, 0.25) is 0 Å². The summed E-state index contributed by atoms with van der Waals surface area (Å²) in [6.45, 7) is 1.58. The number of hydrogen-bond donors (Lipinski definition) is 3. The highest BCUT2D eigenvalue weighted by molar-refractivity contribution is 5.94. The summed E-state index contributed by atoms with van der Waals surface area (Å²) in [5, 5.41) is 20.0. The molecular weight excluding hydrogens is 267 g/mol. The van der Waals surface area contributed by atoms with Crippen LogP contribution in [0.1, 0.15) is 13.3 Å². The smallest absolute Gasteiger partial charge is 0.326 e. The van der Waals surface area contributed by atoms with Crippen LogP contribution in [0.4, 0.5) is 14.9 Å². The number of halogens is 1. The van der Waals surface area contributed by atoms with Crippen molar-refractivity contribution in [2.45, 2.75) is 19.4 Å². The zero-order valence-electron chi connectivity index (χ0n) is 11.0. The summed E-state index contributed by atoms with van der Waals surface area (Å²) in [5.74, 6) is -1.72. The number of carboxylic acid groups (broad SMARTS) is 1. The van der Waals surface area contributed by atoms with Gasteiger partial charge in [-0.1, -0.05) is 6.07 Å². The van der Waals surface area contributed by atoms with E-state index in [4.69, 9.17) is 10.2 Å². The number of anilines is 1. The van der Waals surface area contributed by atoms with Gasteiger partial charge in [-0.3, -0.25) is 4.90 Å². The molecule has 0 radical (unpaired) electrons. The van der Waals surface area contributed by atoms with Gasteiger partial charge in [-0.25, -0.2) is 14.0 Å². The van der Waals surface area contributed by atoms with Crippen molar-refractivity contribution in [2.24, 2.45) is 0 Å². The zero-order valence-corrected chi connectivity index (χ0v) is 11.0. The molecule has 0 spiro atoms. The predicted molar refractivity (Wildman–Crippen MR) is 71.1 cm³/mol. The minimum Gasteiger partial charge on any atom is -0.480 e. The van der Waals surface area contributed by atoms with Gasteiger partial charge in [-0.2, -0.15) is 0 Å². The molecule has 0 unspecified atom stereocenters. The average molecular weight is 284 g/mol. The number of aliphatic hydroxyl groups excluding tert-OH is 1. The number of urea groups is 1. The number of nitrogens with one attached hydrogen (secondary N) is 1. The van der Waals surface area contributed by atoms with Crippen molar-refractivity contribution in [3.63, 3.8) is 0 Å². The van der Waals surface area contributed by atoms with Gasteiger partial charge in [0.2, 0.25) is 0 Å². The zero-order chi connectivity index (χ0) is 15.1. The van der Waals surface area contributed by atoms with E-state index < -0.39 is 23.9 Å². The maximum Gasteiger partial charge on any atom is 0.326 e. The molecule has 20 heavy (non-hydrogen) atoms. The van der Waals surface area contributed by atoms with E-state index >= 15 is 0 Å². The lowest BCUT2D eigenvalue weighted by Gasteiger charge is -2.23. The van der Waals surface area contributed by atoms with Crippen LogP contribution in [0, 0.1) is 5.82 Å². The van der Waals surface area contributed by atoms with Gasteiger partial charge in [0.15, 0.2) is 0 Å². The molecule has 0 saturated heterocycles. The molecule has 6 nitrogen and oxygen atoms in total. The first-order chi connectivity index (χ1) is 9.49. The number of nitrogens with zero attached hydrogens (tertiary/aromatic N) is 1. The number of aliphatic carboxylic acids is 1. The first-order valence-electron chi connectivity index (χ1n) is 6.16. The van der Waals surface area contributed by atoms with Gasteiger partial charge >= 0.3 is 12.0 Å². The fraction of sp³-hybridized carbons (Fsp3) is 0.385. The van der Waals surface area contributed by atoms with Crippen molar-refractivity contribution in [3.05, 3.63) is 30.1 Å². The molecule has 0 heterocycles. The van der Waals surface area contributed by atoms with E-state index in [1.54, 1.807) is 13.0 Å². The topological polar surface area (TPSA) is 89.9 Å². The largest absolute Gasteiger partial charge is 0.480 e. The van der Waals surface area contributed by atoms with E-state index in [9.17, 15) is 14.0 Å². The van der Waals surface area contributed by atoms with E-state index in [1.807, 2.05) is 0 Å². The molecule has 0 aliphatic carbocycles. The third kappa shape index (κ3) is 4.20. The molecule has 3 N–H and O–H groups in total. The second kappa shape index (κ2) is 7.44. The van der Waals surface area contributed by atoms with Gasteiger partial charge < -0.3 is 15.5 Å². The van der Waals surface area contributed by atoms with Crippen molar-refractivity contribution in [1.82, 2.24) is 5.32 Å². The number of carbonyl (C=O) groups excluding carboxylic acids is 1. The van der Waals surface area contributed by atoms with Crippen molar-refractivity contribution in [2.75, 3.05) is 18.1 Å². The molecule has 1 aromatic carbocycles. The maximum absolute atomic E-state index is 13.2. The number of benzene rings is 1. The Labute approximate surface area is 115 Å². The second-order valence-electron chi connectivity index (χ2n) is 4.08. The molecule has 110 valence electrons. The lowest BCUT2D eigenvalue weighted by atomic mass is 10.2. The van der Waals surface area contributed by atoms with Gasteiger partial charge in [-0.15, -0.1) is 0 Å². The normalized spacial score (nSPS) is 11.8. The van der Waals surface area contributed by atoms with E-state index in [1.165, 1.54) is 23.1 Å². The number of carboxylic acids is 1. The molecule has 0 bridgehead atoms. The summed E-state index contributed by atoms with van der Waals surface area (Å²) in [4.78, 5) is 24.2. The fourth-order valence-corrected chi connectivity index (χ4v) is 1.70. The highest BCUT2D eigenvalue weighted by Gasteiger charge is 2.23. The molecule has 0 aromatic heterocycles. The number of amides is 2. The number of carbonyl (C=O) groups is 2. The lowest BCUT2D eigenvalue weighted by Crippen LogP contribution is -2.48. The van der Waals surface area contributed by atoms with E-state index in [0.717, 1.165) is 0 Å². The lowest BCUT2D eigenvalue weighted by molar-refractivity contribution is -0.139. The van der Waals surface area contributed by atoms with E-state index in [0.29, 0.717) is 5.69 Å². The van der Waals surface area contributed by atoms with Gasteiger partial charge in [0, 0.05) is 25.3 Å². The minimum absolute atomic E-state index is 0.0955. The molecule has 0 aliphatic heterocycles. The van der Waals surface area contributed by atoms with Gasteiger partial charge in [0.05, 0.1) is 0 Å². The third-order valence-corrected chi connectivity index (χ3v) is 2.69. The van der Waals surface area contributed by atoms with Crippen LogP contribution in [-0.2, 0) is 4.79 Å². The molecule has 0 fully saturated rings. The van der Waals surface area contributed by atoms with Crippen LogP contribution >= 0.6 is 0 Å². The molecule has 7 heteroatoms. The maximum atomic E-state index is 13.2. The average Bonchev–Trinajstić information content (AvgIpc) is 2.39. The van der Waals surface area contributed by atoms with E-state index in [2.05, 4.69) is 5.32 Å². The Morgan fingerprint density at radius 3 is 2.65 bits per heavy atom. The molecule has 0 aliphatic rings. The van der Waals surface area contributed by atoms with Crippen LogP contribution < -0.4 is 10.2 Å². The summed E-state index contributed by atoms with van der Waals surface area (Å²) in [7, 11) is 0. The van der Waals surface area contributed by atoms with Crippen molar-refractivity contribution >= 4 is 17.7 Å². The van der Waals surface area contributed by atoms with E-state index in [-0.39, 0.29) is 19.6 Å². The monoisotopic (exact) mass is 284 g/mol. The molecule has 1 aromatic rings. The first kappa shape index (κ1) is 15.9. The molecule has 2 amide bonds. The highest BCUT2D eigenvalue weighted by Crippen LogP contribution is 2.15. The number of rotatable bonds is 6. The Morgan fingerprint density at radius 2 is 2.15 bits per heavy atom. The van der Waals surface area contributed by atoms with Crippen LogP contribution in [0.5, 0.6) is 0 Å². The van der Waals surface area contributed by atoms with Crippen LogP contribution in [0.25, 0.3) is 0 Å². The predicted octanol–water partition coefficient (Wildman–Crippen LogP) is 1.20. The quantitative estimate of drug-likeness (QED) is 0.732. The SMILES string of the molecule is CCN(C(=O)N[C@H](CCO)C(=O)O)c1cccc(F)c1. The van der Waals surface area contributed by atoms with Gasteiger partial charge in [0.25, 0.3) is 0 Å². The number of aliphatic hydroxyl groups is 1. The standard InChI is InChI=1S/C13H17FN2O4/c1-2-16(10-5-3-4-9(14)8-10)13(20)15-11(6-7-17)12(18)19/h3-5,8,11,17H,2,6-7H2,1H3,(H,15,20)(H,18,19)/t11-/m1/s1. The number of hydrogen-bond acceptors (Lipinski definition) is 3. The van der Waals surface area contributed by atoms with Crippen molar-refractivity contribution in [3.8, 4) is 0 Å². The highest BCUT2D eigenvalue weighted by atomic mass is 19.1. The van der Waals surface area contributed by atoms with Crippen LogP contribution in [0.3, 0.4) is 0 Å². The first-order valence-corrected chi connectivity index (χ1v) is 6.16. The Bertz CT molecular complexity index is 481. The van der Waals surface area contributed by atoms with Crippen molar-refractivity contribution < 1.29 is 24.2 Å². The van der Waals surface area contributed by atoms with Crippen molar-refractivity contribution in [1.29, 1.82) is 0 Å². The molecule has 1 atom stereocenters. The molecule has 0 saturated carbocycles. The van der Waals surface area contributed by atoms with Crippen LogP contribution in [-0.4, -0.2) is 41.4 Å². The summed E-state index contributed by atoms with van der Waals surface area (Å²) in [5.41, 5.74) is 0.332. The second-order valence-corrected chi connectivity index (χ2v) is 4.08. The Hall–Kier alpha value is -2.15. The summed E-state index contributed by atoms with van der Waals surface area (Å²) >= 11 is 0. The van der Waals surface area contributed by atoms with Gasteiger partial charge in [-0.05, 0) is 25.1 Å². The molecular formula is C13H17FN2O4. The summed E-state index contributed by atoms with van der Waals surface area (Å²) in [6.07, 6.45) is -0.0955. The minimum atomic E-state index is -1.23. The summed E-state index contributed by atoms with van der Waals surface area (Å²) in [6, 6.07) is 3.61. The molecule has 1 rings (SSSR count). The Kier molecular flexibility index (Phi) is 5.92. The Morgan fingerprint density at radius 1 is 1.45 bits per heavy atom. The third-order valence-electron chi connectivity index (χ3n) is 2.69. The van der Waals surface area contributed by atoms with Crippen LogP contribution in [0.15, 0.2) is 24.3 Å². The van der Waals surface area contributed by atoms with Gasteiger partial charge in [0.1, 0.15) is 11.9 Å². The summed E-state index contributed by atoms with van der Waals surface area (Å²) < 4.78 is 13.2. The fourth-order valence-electron chi connectivity index (χ4n) is 1.70.